The van der Waals surface area contributed by atoms with E-state index in [4.69, 9.17) is 23.5 Å². The van der Waals surface area contributed by atoms with Crippen LogP contribution < -0.4 is 10.2 Å². The van der Waals surface area contributed by atoms with Gasteiger partial charge in [0.05, 0.1) is 16.8 Å². The average molecular weight is 404 g/mol. The van der Waals surface area contributed by atoms with Crippen LogP contribution in [0.1, 0.15) is 47.1 Å². The van der Waals surface area contributed by atoms with Gasteiger partial charge < -0.3 is 23.5 Å². The number of benzene rings is 1. The molecule has 0 saturated carbocycles. The molecule has 0 radical (unpaired) electrons. The van der Waals surface area contributed by atoms with E-state index in [0.29, 0.717) is 13.2 Å². The Morgan fingerprint density at radius 3 is 2.00 bits per heavy atom. The van der Waals surface area contributed by atoms with Crippen LogP contribution in [0.4, 0.5) is 13.2 Å². The van der Waals surface area contributed by atoms with Crippen molar-refractivity contribution in [2.45, 2.75) is 65.2 Å². The third kappa shape index (κ3) is 5.20. The molecule has 1 heterocycles. The lowest BCUT2D eigenvalue weighted by Gasteiger charge is -2.32. The monoisotopic (exact) mass is 404 g/mol. The first kappa shape index (κ1) is 23.0. The summed E-state index contributed by atoms with van der Waals surface area (Å²) in [6.07, 6.45) is -5.33. The molecule has 0 aliphatic carbocycles. The van der Waals surface area contributed by atoms with Crippen molar-refractivity contribution in [2.24, 2.45) is 0 Å². The lowest BCUT2D eigenvalue weighted by atomic mass is 9.78. The van der Waals surface area contributed by atoms with Gasteiger partial charge in [-0.15, -0.1) is 0 Å². The van der Waals surface area contributed by atoms with Gasteiger partial charge in [-0.1, -0.05) is 6.07 Å². The van der Waals surface area contributed by atoms with Gasteiger partial charge in [-0.05, 0) is 59.1 Å². The van der Waals surface area contributed by atoms with Gasteiger partial charge in [-0.3, -0.25) is 0 Å². The standard InChI is InChI=1S/C19H28BF3O5/c1-7-24-16(25-8-2)12-26-15-10-9-13(11-14(15)19(21,22)23)20-27-17(3,4)18(5,6)28-20/h9-11,16H,7-8,12H2,1-6H3. The van der Waals surface area contributed by atoms with Crippen molar-refractivity contribution in [3.63, 3.8) is 0 Å². The van der Waals surface area contributed by atoms with E-state index >= 15 is 0 Å². The van der Waals surface area contributed by atoms with Gasteiger partial charge in [-0.25, -0.2) is 0 Å². The van der Waals surface area contributed by atoms with Gasteiger partial charge in [0.1, 0.15) is 12.4 Å². The molecule has 2 rings (SSSR count). The fraction of sp³-hybridized carbons (Fsp3) is 0.684. The summed E-state index contributed by atoms with van der Waals surface area (Å²) in [5.41, 5.74) is -1.91. The smallest absolute Gasteiger partial charge is 0.488 e. The summed E-state index contributed by atoms with van der Waals surface area (Å²) >= 11 is 0. The highest BCUT2D eigenvalue weighted by Crippen LogP contribution is 2.39. The maximum Gasteiger partial charge on any atom is 0.494 e. The zero-order valence-electron chi connectivity index (χ0n) is 17.2. The second-order valence-corrected chi connectivity index (χ2v) is 7.49. The van der Waals surface area contributed by atoms with E-state index < -0.39 is 36.4 Å². The number of rotatable bonds is 8. The molecule has 28 heavy (non-hydrogen) atoms. The van der Waals surface area contributed by atoms with E-state index in [2.05, 4.69) is 0 Å². The van der Waals surface area contributed by atoms with Gasteiger partial charge in [0.2, 0.25) is 0 Å². The van der Waals surface area contributed by atoms with Crippen LogP contribution in [0.2, 0.25) is 0 Å². The SMILES string of the molecule is CCOC(COc1ccc(B2OC(C)(C)C(C)(C)O2)cc1C(F)(F)F)OCC. The normalized spacial score (nSPS) is 18.7. The van der Waals surface area contributed by atoms with Crippen LogP contribution in [-0.4, -0.2) is 44.4 Å². The molecule has 0 N–H and O–H groups in total. The molecule has 158 valence electrons. The Kier molecular flexibility index (Phi) is 7.07. The Bertz CT molecular complexity index is 641. The first-order chi connectivity index (χ1) is 12.9. The Balaban J connectivity index is 2.25. The van der Waals surface area contributed by atoms with Crippen molar-refractivity contribution in [3.05, 3.63) is 23.8 Å². The molecule has 1 saturated heterocycles. The highest BCUT2D eigenvalue weighted by Gasteiger charge is 2.52. The van der Waals surface area contributed by atoms with Crippen molar-refractivity contribution in [2.75, 3.05) is 19.8 Å². The highest BCUT2D eigenvalue weighted by atomic mass is 19.4. The summed E-state index contributed by atoms with van der Waals surface area (Å²) in [5, 5.41) is 0. The summed E-state index contributed by atoms with van der Waals surface area (Å²) in [6, 6.07) is 3.80. The lowest BCUT2D eigenvalue weighted by Crippen LogP contribution is -2.41. The van der Waals surface area contributed by atoms with Gasteiger partial charge in [0.15, 0.2) is 6.29 Å². The molecule has 0 bridgehead atoms. The summed E-state index contributed by atoms with van der Waals surface area (Å²) < 4.78 is 68.5. The minimum atomic E-state index is -4.60. The van der Waals surface area contributed by atoms with Crippen molar-refractivity contribution < 1.29 is 36.7 Å². The number of hydrogen-bond acceptors (Lipinski definition) is 5. The van der Waals surface area contributed by atoms with E-state index in [-0.39, 0.29) is 17.8 Å². The largest absolute Gasteiger partial charge is 0.494 e. The maximum absolute atomic E-state index is 13.6. The molecule has 9 heteroatoms. The van der Waals surface area contributed by atoms with Crippen LogP contribution in [-0.2, 0) is 25.0 Å². The molecule has 1 aromatic carbocycles. The van der Waals surface area contributed by atoms with Crippen LogP contribution in [0, 0.1) is 0 Å². The topological polar surface area (TPSA) is 46.2 Å². The van der Waals surface area contributed by atoms with E-state index in [9.17, 15) is 13.2 Å². The van der Waals surface area contributed by atoms with E-state index in [1.54, 1.807) is 13.8 Å². The Morgan fingerprint density at radius 1 is 1.00 bits per heavy atom. The second-order valence-electron chi connectivity index (χ2n) is 7.49. The molecule has 1 aromatic rings. The van der Waals surface area contributed by atoms with Crippen LogP contribution in [0.3, 0.4) is 0 Å². The molecule has 0 spiro atoms. The molecular weight excluding hydrogens is 376 g/mol. The fourth-order valence-corrected chi connectivity index (χ4v) is 2.69. The number of halogens is 3. The minimum absolute atomic E-state index is 0.152. The molecule has 0 atom stereocenters. The van der Waals surface area contributed by atoms with Crippen molar-refractivity contribution >= 4 is 12.6 Å². The highest BCUT2D eigenvalue weighted by molar-refractivity contribution is 6.62. The van der Waals surface area contributed by atoms with E-state index in [0.717, 1.165) is 6.07 Å². The van der Waals surface area contributed by atoms with E-state index in [1.165, 1.54) is 12.1 Å². The Hall–Kier alpha value is -1.29. The van der Waals surface area contributed by atoms with Gasteiger partial charge in [0.25, 0.3) is 0 Å². The summed E-state index contributed by atoms with van der Waals surface area (Å²) in [6.45, 7) is 11.5. The summed E-state index contributed by atoms with van der Waals surface area (Å²) in [5.74, 6) is -0.294. The first-order valence-electron chi connectivity index (χ1n) is 9.34. The number of alkyl halides is 3. The van der Waals surface area contributed by atoms with Crippen LogP contribution in [0.5, 0.6) is 5.75 Å². The fourth-order valence-electron chi connectivity index (χ4n) is 2.69. The first-order valence-corrected chi connectivity index (χ1v) is 9.34. The van der Waals surface area contributed by atoms with Gasteiger partial charge >= 0.3 is 13.3 Å². The van der Waals surface area contributed by atoms with Crippen molar-refractivity contribution in [3.8, 4) is 5.75 Å². The molecule has 0 unspecified atom stereocenters. The summed E-state index contributed by atoms with van der Waals surface area (Å²) in [7, 11) is -0.889. The third-order valence-corrected chi connectivity index (χ3v) is 4.91. The number of hydrogen-bond donors (Lipinski definition) is 0. The average Bonchev–Trinajstić information content (AvgIpc) is 2.80. The molecular formula is C19H28BF3O5. The Labute approximate surface area is 164 Å². The lowest BCUT2D eigenvalue weighted by molar-refractivity contribution is -0.156. The van der Waals surface area contributed by atoms with Crippen LogP contribution >= 0.6 is 0 Å². The predicted molar refractivity (Wildman–Crippen MR) is 99.7 cm³/mol. The summed E-state index contributed by atoms with van der Waals surface area (Å²) in [4.78, 5) is 0. The zero-order chi connectivity index (χ0) is 21.2. The second kappa shape index (κ2) is 8.61. The predicted octanol–water partition coefficient (Wildman–Crippen LogP) is 3.78. The van der Waals surface area contributed by atoms with E-state index in [1.807, 2.05) is 27.7 Å². The van der Waals surface area contributed by atoms with Crippen molar-refractivity contribution in [1.82, 2.24) is 0 Å². The zero-order valence-corrected chi connectivity index (χ0v) is 17.2. The van der Waals surface area contributed by atoms with Gasteiger partial charge in [-0.2, -0.15) is 13.2 Å². The molecule has 1 aliphatic rings. The van der Waals surface area contributed by atoms with Gasteiger partial charge in [0, 0.05) is 13.2 Å². The molecule has 5 nitrogen and oxygen atoms in total. The quantitative estimate of drug-likeness (QED) is 0.488. The minimum Gasteiger partial charge on any atom is -0.488 e. The molecule has 1 fully saturated rings. The third-order valence-electron chi connectivity index (χ3n) is 4.91. The Morgan fingerprint density at radius 2 is 1.54 bits per heavy atom. The van der Waals surface area contributed by atoms with Crippen LogP contribution in [0.15, 0.2) is 18.2 Å². The maximum atomic E-state index is 13.6. The molecule has 1 aliphatic heterocycles. The molecule has 0 amide bonds. The molecule has 0 aromatic heterocycles. The number of ether oxygens (including phenoxy) is 3. The van der Waals surface area contributed by atoms with Crippen molar-refractivity contribution in [1.29, 1.82) is 0 Å². The van der Waals surface area contributed by atoms with Crippen LogP contribution in [0.25, 0.3) is 0 Å².